The average molecular weight is 1580 g/mol. The molecule has 0 spiro atoms. The molecule has 9 unspecified atom stereocenters. The summed E-state index contributed by atoms with van der Waals surface area (Å²) in [6, 6.07) is 9.89. The lowest BCUT2D eigenvalue weighted by Crippen LogP contribution is -2.61. The number of halogens is 2. The second kappa shape index (κ2) is 40.9. The van der Waals surface area contributed by atoms with Gasteiger partial charge in [0.25, 0.3) is 0 Å². The van der Waals surface area contributed by atoms with E-state index in [4.69, 9.17) is 11.5 Å². The molecule has 0 aromatic heterocycles. The summed E-state index contributed by atoms with van der Waals surface area (Å²) in [5.41, 5.74) is 14.7. The third-order valence-electron chi connectivity index (χ3n) is 23.9. The van der Waals surface area contributed by atoms with Gasteiger partial charge in [-0.2, -0.15) is 23.5 Å². The number of thioether (sulfide) groups is 2. The first-order valence-electron chi connectivity index (χ1n) is 40.0. The molecule has 3 aliphatic carbocycles. The Balaban J connectivity index is 0.914. The van der Waals surface area contributed by atoms with E-state index in [9.17, 15) is 34.2 Å². The Morgan fingerprint density at radius 1 is 0.568 bits per heavy atom. The minimum absolute atomic E-state index is 0.0405. The van der Waals surface area contributed by atoms with E-state index in [1.54, 1.807) is 0 Å². The van der Waals surface area contributed by atoms with Crippen molar-refractivity contribution in [2.45, 2.75) is 231 Å². The zero-order valence-corrected chi connectivity index (χ0v) is 64.7. The lowest BCUT2D eigenvalue weighted by atomic mass is 9.76. The molecule has 111 heavy (non-hydrogen) atoms. The summed E-state index contributed by atoms with van der Waals surface area (Å²) in [6.07, 6.45) is 1.62. The van der Waals surface area contributed by atoms with Gasteiger partial charge in [-0.05, 0) is 205 Å². The van der Waals surface area contributed by atoms with Crippen LogP contribution in [0.2, 0.25) is 0 Å². The molecule has 3 saturated carbocycles. The predicted octanol–water partition coefficient (Wildman–Crippen LogP) is 1.85. The maximum atomic E-state index is 15.9. The van der Waals surface area contributed by atoms with E-state index < -0.39 is 157 Å². The van der Waals surface area contributed by atoms with Gasteiger partial charge in [-0.15, -0.1) is 0 Å². The number of amides is 10. The number of hydrogen-bond donors (Lipinski definition) is 16. The van der Waals surface area contributed by atoms with Crippen molar-refractivity contribution in [3.63, 3.8) is 0 Å². The minimum atomic E-state index is -1.92. The Hall–Kier alpha value is -7.59. The Morgan fingerprint density at radius 3 is 1.82 bits per heavy atom. The number of carbonyl (C=O) groups is 11. The van der Waals surface area contributed by atoms with E-state index in [0.717, 1.165) is 27.5 Å². The quantitative estimate of drug-likeness (QED) is 0.0858. The number of aliphatic carboxylic acids is 1. The van der Waals surface area contributed by atoms with Gasteiger partial charge in [-0.3, -0.25) is 52.7 Å². The van der Waals surface area contributed by atoms with Crippen molar-refractivity contribution < 1.29 is 71.7 Å². The van der Waals surface area contributed by atoms with E-state index in [1.807, 2.05) is 60.7 Å². The summed E-state index contributed by atoms with van der Waals surface area (Å²) in [7, 11) is 0. The fourth-order valence-corrected chi connectivity index (χ4v) is 19.8. The number of nitrogens with two attached hydrogens (primary N) is 2. The van der Waals surface area contributed by atoms with Crippen LogP contribution in [-0.4, -0.2) is 223 Å². The van der Waals surface area contributed by atoms with Crippen molar-refractivity contribution >= 4 is 99.3 Å². The van der Waals surface area contributed by atoms with Gasteiger partial charge in [0, 0.05) is 67.3 Å². The van der Waals surface area contributed by atoms with Gasteiger partial charge in [0.1, 0.15) is 60.7 Å². The number of aliphatic hydroxyl groups is 1. The summed E-state index contributed by atoms with van der Waals surface area (Å²) in [5.74, 6) is -9.79. The molecule has 10 amide bonds. The van der Waals surface area contributed by atoms with Crippen molar-refractivity contribution in [3.05, 3.63) is 83.4 Å². The summed E-state index contributed by atoms with van der Waals surface area (Å²) < 4.78 is 30.6. The molecular weight excluding hydrogens is 1470 g/mol. The molecule has 2 bridgehead atoms. The van der Waals surface area contributed by atoms with Crippen molar-refractivity contribution in [1.82, 2.24) is 68.7 Å². The largest absolute Gasteiger partial charge is 0.481 e. The van der Waals surface area contributed by atoms with Gasteiger partial charge in [-0.25, -0.2) is 8.78 Å². The van der Waals surface area contributed by atoms with Gasteiger partial charge < -0.3 is 90.4 Å². The zero-order chi connectivity index (χ0) is 78.7. The average Bonchev–Trinajstić information content (AvgIpc) is 1.67. The fraction of sp³-hybridized carbons (Fsp3) is 0.658. The summed E-state index contributed by atoms with van der Waals surface area (Å²) in [5, 5.41) is 58.8. The topological polar surface area (TPSA) is 428 Å². The van der Waals surface area contributed by atoms with Crippen LogP contribution in [0.3, 0.4) is 0 Å². The van der Waals surface area contributed by atoms with Crippen LogP contribution in [0.15, 0.2) is 66.7 Å². The Bertz CT molecular complexity index is 3750. The highest BCUT2D eigenvalue weighted by Crippen LogP contribution is 2.41. The lowest BCUT2D eigenvalue weighted by molar-refractivity contribution is -0.143. The van der Waals surface area contributed by atoms with Gasteiger partial charge in [-0.1, -0.05) is 66.7 Å². The molecule has 11 rings (SSSR count). The second-order valence-electron chi connectivity index (χ2n) is 32.0. The number of carbonyl (C=O) groups excluding carboxylic acids is 10. The maximum Gasteiger partial charge on any atom is 0.305 e. The number of hydrogen-bond acceptors (Lipinski definition) is 19. The number of alkyl halides is 2. The number of benzene rings is 3. The number of unbranched alkanes of at least 4 members (excludes halogenated alkanes) is 1. The molecule has 3 aromatic rings. The number of fused-ring (bicyclic) bond motifs is 6. The van der Waals surface area contributed by atoms with Gasteiger partial charge in [0.05, 0.1) is 19.1 Å². The Kier molecular flexibility index (Phi) is 31.1. The normalized spacial score (nSPS) is 33.3. The van der Waals surface area contributed by atoms with Gasteiger partial charge >= 0.3 is 5.97 Å². The maximum absolute atomic E-state index is 15.9. The molecule has 4 saturated heterocycles. The molecule has 28 nitrogen and oxygen atoms in total. The molecular formula is C79H113F2N15O13S2. The molecule has 7 fully saturated rings. The molecule has 0 radical (unpaired) electrons. The fourth-order valence-electron chi connectivity index (χ4n) is 17.9. The number of aliphatic hydroxyl groups excluding tert-OH is 1. The standard InChI is InChI=1S/C79H113F2N15O13S2/c80-53-15-19-59-57(31-53)51(35-85-59)29-62-74(104)91-63(30-52-36-86-60-20-16-54(81)32-58(52)60)75(105)93-65(34-71(100)101)77(107)92-64(33-55-37-84-43-88-55)76(106)94-66(27-44-12-17-56(97)18-13-44)79(109)96-39-48(24-45-11-14-49-8-1-2-9-50(49)26-45)28-68(96)78(108)95-67(72(83)102)42-111-41-47-7-5-6-46(25-47)40-110-23-21-69(98)89-61(10-3-4-22-82)73(103)87-38-70(99)90-62/h1-2,5-9,11,14,25-26,44,48,51-68,84-86,88,97H,3-4,10,12-13,15-24,27-43,82H2,(H2,83,102)(H,87,103)(H,89,98)(H,90,99)(H,91,104)(H,92,107)(H,93,105)(H,94,106)(H,95,108)(H,100,101)/t44?,48-,51?,52?,53?,54?,55?,56?,57?,58?,59?,60?,61+,62+,63+,64+,65+,66+,67+,68+/m1/s1. The molecule has 5 heterocycles. The molecule has 3 aromatic carbocycles. The molecule has 18 N–H and O–H groups in total. The van der Waals surface area contributed by atoms with Crippen LogP contribution in [0.5, 0.6) is 0 Å². The van der Waals surface area contributed by atoms with E-state index in [0.29, 0.717) is 121 Å². The monoisotopic (exact) mass is 1580 g/mol. The molecule has 5 aliphatic heterocycles. The van der Waals surface area contributed by atoms with E-state index in [1.165, 1.54) is 28.4 Å². The number of primary amides is 1. The molecule has 608 valence electrons. The minimum Gasteiger partial charge on any atom is -0.481 e. The summed E-state index contributed by atoms with van der Waals surface area (Å²) in [6.45, 7) is 1.06. The lowest BCUT2D eigenvalue weighted by Gasteiger charge is -2.34. The van der Waals surface area contributed by atoms with Gasteiger partial charge in [0.2, 0.25) is 59.1 Å². The molecule has 18 atom stereocenters. The summed E-state index contributed by atoms with van der Waals surface area (Å²) >= 11 is 2.86. The molecule has 32 heteroatoms. The van der Waals surface area contributed by atoms with Crippen molar-refractivity contribution in [2.24, 2.45) is 47.0 Å². The number of nitrogens with zero attached hydrogens (tertiary/aromatic N) is 1. The van der Waals surface area contributed by atoms with Crippen LogP contribution in [0.1, 0.15) is 145 Å². The first-order chi connectivity index (χ1) is 53.5. The SMILES string of the molecule is NCCCC[C@@H]1NC(=O)CCSCc2cccc(c2)CSC[C@@H](C(N)=O)NC(=O)[C@@H]2C[C@@H](Cc3ccc4ccccc4c3)CN2C(=O)[C@H](CC2CCC(O)CC2)NC(=O)[C@H](CC2CNCN2)NC(=O)[C@H](CC(=O)O)NC(=O)[C@H](CC2CNC3CCC(F)CC23)NC(=O)[C@H](CC2CNC3CCC(F)CC23)NC(=O)CNC1=O. The number of rotatable bonds is 17. The Labute approximate surface area is 655 Å². The van der Waals surface area contributed by atoms with E-state index in [2.05, 4.69) is 69.9 Å². The van der Waals surface area contributed by atoms with Crippen molar-refractivity contribution in [1.29, 1.82) is 0 Å². The van der Waals surface area contributed by atoms with Crippen LogP contribution >= 0.6 is 23.5 Å². The van der Waals surface area contributed by atoms with Gasteiger partial charge in [0.15, 0.2) is 0 Å². The zero-order valence-electron chi connectivity index (χ0n) is 63.1. The molecule has 8 aliphatic rings. The predicted molar refractivity (Wildman–Crippen MR) is 417 cm³/mol. The highest BCUT2D eigenvalue weighted by molar-refractivity contribution is 7.98. The van der Waals surface area contributed by atoms with Crippen molar-refractivity contribution in [2.75, 3.05) is 57.4 Å². The van der Waals surface area contributed by atoms with Crippen LogP contribution in [0, 0.1) is 35.5 Å². The van der Waals surface area contributed by atoms with Crippen LogP contribution in [0.4, 0.5) is 8.78 Å². The number of nitrogens with one attached hydrogen (secondary N) is 12. The highest BCUT2D eigenvalue weighted by Gasteiger charge is 2.48. The van der Waals surface area contributed by atoms with Crippen LogP contribution in [-0.2, 0) is 70.7 Å². The van der Waals surface area contributed by atoms with E-state index in [-0.39, 0.29) is 112 Å². The number of carboxylic acid groups (broad SMARTS) is 1. The third-order valence-corrected chi connectivity index (χ3v) is 26.0. The number of carboxylic acids is 1. The first-order valence-corrected chi connectivity index (χ1v) is 42.3. The third kappa shape index (κ3) is 24.2. The Morgan fingerprint density at radius 2 is 1.18 bits per heavy atom. The second-order valence-corrected chi connectivity index (χ2v) is 34.2. The van der Waals surface area contributed by atoms with Crippen LogP contribution < -0.4 is 75.3 Å². The smallest absolute Gasteiger partial charge is 0.305 e. The first kappa shape index (κ1) is 84.3. The van der Waals surface area contributed by atoms with Crippen molar-refractivity contribution in [3.8, 4) is 0 Å². The highest BCUT2D eigenvalue weighted by atomic mass is 32.2. The summed E-state index contributed by atoms with van der Waals surface area (Å²) in [4.78, 5) is 162. The van der Waals surface area contributed by atoms with Crippen LogP contribution in [0.25, 0.3) is 10.8 Å². The van der Waals surface area contributed by atoms with E-state index >= 15 is 37.5 Å².